The van der Waals surface area contributed by atoms with Gasteiger partial charge in [0.15, 0.2) is 0 Å². The minimum Gasteiger partial charge on any atom is -0.353 e. The van der Waals surface area contributed by atoms with Gasteiger partial charge >= 0.3 is 6.03 Å². The number of fused-ring (bicyclic) bond motifs is 1. The Bertz CT molecular complexity index is 841. The van der Waals surface area contributed by atoms with Crippen LogP contribution in [0.3, 0.4) is 0 Å². The smallest absolute Gasteiger partial charge is 0.315 e. The molecule has 0 aliphatic heterocycles. The van der Waals surface area contributed by atoms with Crippen LogP contribution in [0, 0.1) is 0 Å². The van der Waals surface area contributed by atoms with Crippen LogP contribution in [0.5, 0.6) is 0 Å². The highest BCUT2D eigenvalue weighted by atomic mass is 16.2. The molecule has 2 atom stereocenters. The number of carbonyl (C=O) groups excluding carboxylic acids is 1. The third-order valence-electron chi connectivity index (χ3n) is 5.00. The van der Waals surface area contributed by atoms with E-state index in [4.69, 9.17) is 0 Å². The molecule has 0 bridgehead atoms. The van der Waals surface area contributed by atoms with Crippen molar-refractivity contribution in [3.63, 3.8) is 0 Å². The van der Waals surface area contributed by atoms with E-state index in [1.54, 1.807) is 6.20 Å². The molecule has 4 rings (SSSR count). The summed E-state index contributed by atoms with van der Waals surface area (Å²) in [5, 5.41) is 6.15. The minimum atomic E-state index is -0.135. The number of aryl methyl sites for hydroxylation is 1. The Kier molecular flexibility index (Phi) is 4.73. The zero-order chi connectivity index (χ0) is 17.8. The van der Waals surface area contributed by atoms with Crippen molar-refractivity contribution in [2.75, 3.05) is 6.54 Å². The quantitative estimate of drug-likeness (QED) is 0.744. The molecule has 0 saturated heterocycles. The predicted molar refractivity (Wildman–Crippen MR) is 99.7 cm³/mol. The number of nitrogens with zero attached hydrogens (tertiary/aromatic N) is 3. The van der Waals surface area contributed by atoms with E-state index < -0.39 is 0 Å². The lowest BCUT2D eigenvalue weighted by molar-refractivity contribution is 0.227. The normalized spacial score (nSPS) is 18.9. The monoisotopic (exact) mass is 349 g/mol. The van der Waals surface area contributed by atoms with Crippen molar-refractivity contribution in [1.29, 1.82) is 0 Å². The lowest BCUT2D eigenvalue weighted by Gasteiger charge is -2.35. The number of hydrogen-bond acceptors (Lipinski definition) is 2. The number of urea groups is 1. The van der Waals surface area contributed by atoms with Gasteiger partial charge in [-0.2, -0.15) is 0 Å². The summed E-state index contributed by atoms with van der Waals surface area (Å²) in [6, 6.07) is 12.3. The molecule has 134 valence electrons. The molecule has 0 radical (unpaired) electrons. The zero-order valence-electron chi connectivity index (χ0n) is 14.6. The first-order valence-electron chi connectivity index (χ1n) is 9.01. The van der Waals surface area contributed by atoms with E-state index in [-0.39, 0.29) is 18.1 Å². The van der Waals surface area contributed by atoms with Crippen molar-refractivity contribution in [3.05, 3.63) is 78.6 Å². The number of benzene rings is 1. The standard InChI is InChI=1S/C20H23N5O/c26-20(22-10-13-24-11-3-4-12-24)23-19-17-6-2-1-5-16(17)7-8-18(19)25-14-9-21-15-25/h1-6,9,11-12,14-15,18-19H,7-8,10,13H2,(H2,22,23,26)/t18-,19+/m0/s1. The molecule has 3 aromatic rings. The van der Waals surface area contributed by atoms with Gasteiger partial charge in [0, 0.05) is 37.9 Å². The highest BCUT2D eigenvalue weighted by Crippen LogP contribution is 2.37. The minimum absolute atomic E-state index is 0.0688. The summed E-state index contributed by atoms with van der Waals surface area (Å²) >= 11 is 0. The average Bonchev–Trinajstić information content (AvgIpc) is 3.36. The second kappa shape index (κ2) is 7.47. The van der Waals surface area contributed by atoms with Crippen molar-refractivity contribution >= 4 is 6.03 Å². The first-order chi connectivity index (χ1) is 12.8. The Morgan fingerprint density at radius 3 is 2.81 bits per heavy atom. The lowest BCUT2D eigenvalue weighted by atomic mass is 9.84. The number of nitrogens with one attached hydrogen (secondary N) is 2. The maximum absolute atomic E-state index is 12.5. The zero-order valence-corrected chi connectivity index (χ0v) is 14.6. The Labute approximate surface area is 152 Å². The third kappa shape index (κ3) is 3.49. The van der Waals surface area contributed by atoms with Gasteiger partial charge in [-0.1, -0.05) is 24.3 Å². The maximum Gasteiger partial charge on any atom is 0.315 e. The van der Waals surface area contributed by atoms with Gasteiger partial charge in [0.1, 0.15) is 0 Å². The van der Waals surface area contributed by atoms with Crippen LogP contribution < -0.4 is 10.6 Å². The fourth-order valence-corrected chi connectivity index (χ4v) is 3.71. The molecule has 1 aromatic carbocycles. The summed E-state index contributed by atoms with van der Waals surface area (Å²) in [6.07, 6.45) is 11.6. The van der Waals surface area contributed by atoms with Crippen LogP contribution in [-0.4, -0.2) is 26.7 Å². The molecule has 0 unspecified atom stereocenters. The van der Waals surface area contributed by atoms with Crippen LogP contribution in [0.1, 0.15) is 29.6 Å². The molecule has 1 aliphatic rings. The van der Waals surface area contributed by atoms with Gasteiger partial charge in [0.05, 0.1) is 18.4 Å². The lowest BCUT2D eigenvalue weighted by Crippen LogP contribution is -2.43. The molecule has 6 heteroatoms. The number of imidazole rings is 1. The van der Waals surface area contributed by atoms with E-state index in [2.05, 4.69) is 38.4 Å². The number of hydrogen-bond donors (Lipinski definition) is 2. The van der Waals surface area contributed by atoms with Gasteiger partial charge in [-0.05, 0) is 36.1 Å². The predicted octanol–water partition coefficient (Wildman–Crippen LogP) is 2.91. The SMILES string of the molecule is O=C(NCCn1cccc1)N[C@@H]1c2ccccc2CC[C@@H]1n1ccnc1. The van der Waals surface area contributed by atoms with E-state index in [9.17, 15) is 4.79 Å². The van der Waals surface area contributed by atoms with Gasteiger partial charge in [-0.3, -0.25) is 0 Å². The third-order valence-corrected chi connectivity index (χ3v) is 5.00. The van der Waals surface area contributed by atoms with Crippen molar-refractivity contribution in [2.45, 2.75) is 31.5 Å². The van der Waals surface area contributed by atoms with Crippen LogP contribution in [0.15, 0.2) is 67.5 Å². The number of aromatic nitrogens is 3. The summed E-state index contributed by atoms with van der Waals surface area (Å²) in [7, 11) is 0. The van der Waals surface area contributed by atoms with Gasteiger partial charge in [0.2, 0.25) is 0 Å². The number of amides is 2. The molecule has 2 amide bonds. The molecule has 0 fully saturated rings. The average molecular weight is 349 g/mol. The maximum atomic E-state index is 12.5. The van der Waals surface area contributed by atoms with Crippen LogP contribution in [0.4, 0.5) is 4.79 Å². The fraction of sp³-hybridized carbons (Fsp3) is 0.300. The molecule has 2 aromatic heterocycles. The molecule has 0 spiro atoms. The van der Waals surface area contributed by atoms with Crippen molar-refractivity contribution in [3.8, 4) is 0 Å². The van der Waals surface area contributed by atoms with Gasteiger partial charge in [0.25, 0.3) is 0 Å². The summed E-state index contributed by atoms with van der Waals surface area (Å²) in [5.41, 5.74) is 2.50. The molecular formula is C20H23N5O. The van der Waals surface area contributed by atoms with Crippen LogP contribution in [0.2, 0.25) is 0 Å². The first-order valence-corrected chi connectivity index (χ1v) is 9.01. The van der Waals surface area contributed by atoms with Gasteiger partial charge in [-0.25, -0.2) is 9.78 Å². The van der Waals surface area contributed by atoms with E-state index in [1.165, 1.54) is 11.1 Å². The van der Waals surface area contributed by atoms with Gasteiger partial charge < -0.3 is 19.8 Å². The topological polar surface area (TPSA) is 63.9 Å². The second-order valence-corrected chi connectivity index (χ2v) is 6.61. The summed E-state index contributed by atoms with van der Waals surface area (Å²) in [4.78, 5) is 16.7. The molecule has 6 nitrogen and oxygen atoms in total. The number of rotatable bonds is 5. The summed E-state index contributed by atoms with van der Waals surface area (Å²) < 4.78 is 4.14. The Morgan fingerprint density at radius 1 is 1.15 bits per heavy atom. The molecule has 1 aliphatic carbocycles. The Morgan fingerprint density at radius 2 is 2.00 bits per heavy atom. The van der Waals surface area contributed by atoms with E-state index in [0.717, 1.165) is 19.4 Å². The van der Waals surface area contributed by atoms with Crippen LogP contribution >= 0.6 is 0 Å². The molecule has 26 heavy (non-hydrogen) atoms. The van der Waals surface area contributed by atoms with E-state index >= 15 is 0 Å². The van der Waals surface area contributed by atoms with Crippen LogP contribution in [-0.2, 0) is 13.0 Å². The molecule has 2 N–H and O–H groups in total. The second-order valence-electron chi connectivity index (χ2n) is 6.61. The van der Waals surface area contributed by atoms with Crippen LogP contribution in [0.25, 0.3) is 0 Å². The molecule has 0 saturated carbocycles. The summed E-state index contributed by atoms with van der Waals surface area (Å²) in [6.45, 7) is 1.34. The first kappa shape index (κ1) is 16.4. The highest BCUT2D eigenvalue weighted by molar-refractivity contribution is 5.74. The van der Waals surface area contributed by atoms with Crippen molar-refractivity contribution in [2.24, 2.45) is 0 Å². The van der Waals surface area contributed by atoms with E-state index in [0.29, 0.717) is 6.54 Å². The number of carbonyl (C=O) groups is 1. The highest BCUT2D eigenvalue weighted by Gasteiger charge is 2.31. The largest absolute Gasteiger partial charge is 0.353 e. The van der Waals surface area contributed by atoms with Crippen molar-refractivity contribution in [1.82, 2.24) is 24.8 Å². The van der Waals surface area contributed by atoms with Gasteiger partial charge in [-0.15, -0.1) is 0 Å². The fourth-order valence-electron chi connectivity index (χ4n) is 3.71. The van der Waals surface area contributed by atoms with E-state index in [1.807, 2.05) is 47.7 Å². The molecule has 2 heterocycles. The van der Waals surface area contributed by atoms with Crippen molar-refractivity contribution < 1.29 is 4.79 Å². The Balaban J connectivity index is 1.46. The summed E-state index contributed by atoms with van der Waals surface area (Å²) in [5.74, 6) is 0. The molecular weight excluding hydrogens is 326 g/mol. The Hall–Kier alpha value is -3.02.